The number of hydrogen-bond donors (Lipinski definition) is 1. The second-order valence-electron chi connectivity index (χ2n) is 0.763. The van der Waals surface area contributed by atoms with Gasteiger partial charge in [0.15, 0.2) is 22.1 Å². The van der Waals surface area contributed by atoms with E-state index in [9.17, 15) is 9.00 Å². The number of rotatable bonds is 2. The maximum atomic E-state index is 9.68. The minimum atomic E-state index is -2.21. The Morgan fingerprint density at radius 3 is 2.29 bits per heavy atom. The van der Waals surface area contributed by atoms with Gasteiger partial charge in [0.2, 0.25) is 0 Å². The highest BCUT2D eigenvalue weighted by Crippen LogP contribution is 1.92. The molecule has 1 N–H and O–H groups in total. The van der Waals surface area contributed by atoms with E-state index in [0.717, 1.165) is 0 Å². The molecule has 0 spiro atoms. The summed E-state index contributed by atoms with van der Waals surface area (Å²) in [6, 6.07) is 0. The first-order valence-electron chi connectivity index (χ1n) is 1.37. The van der Waals surface area contributed by atoms with Gasteiger partial charge in [-0.1, -0.05) is 11.6 Å². The molecule has 0 aromatic heterocycles. The van der Waals surface area contributed by atoms with Crippen molar-refractivity contribution >= 4 is 29.0 Å². The highest BCUT2D eigenvalue weighted by molar-refractivity contribution is 7.82. The summed E-state index contributed by atoms with van der Waals surface area (Å²) in [7, 11) is 0. The van der Waals surface area contributed by atoms with Crippen LogP contribution in [0.15, 0.2) is 0 Å². The molecule has 0 rings (SSSR count). The van der Waals surface area contributed by atoms with Crippen LogP contribution in [-0.2, 0) is 15.9 Å². The van der Waals surface area contributed by atoms with Gasteiger partial charge < -0.3 is 9.35 Å². The van der Waals surface area contributed by atoms with Gasteiger partial charge in [-0.2, -0.15) is 0 Å². The van der Waals surface area contributed by atoms with Crippen LogP contribution in [0.25, 0.3) is 0 Å². The Morgan fingerprint density at radius 2 is 2.29 bits per heavy atom. The fourth-order valence-corrected chi connectivity index (χ4v) is 0.143. The van der Waals surface area contributed by atoms with Gasteiger partial charge in [0.25, 0.3) is 0 Å². The van der Waals surface area contributed by atoms with E-state index in [1.54, 1.807) is 0 Å². The third kappa shape index (κ3) is 2.73. The van der Waals surface area contributed by atoms with Crippen LogP contribution in [0.4, 0.5) is 0 Å². The number of hydrogen-bond acceptors (Lipinski definition) is 2. The SMILES string of the molecule is O=CC(Cl)S(=O)O. The summed E-state index contributed by atoms with van der Waals surface area (Å²) in [5, 5.41) is 0. The van der Waals surface area contributed by atoms with Crippen molar-refractivity contribution in [1.29, 1.82) is 0 Å². The number of carbonyl (C=O) groups is 1. The number of alkyl halides is 1. The number of halogens is 1. The van der Waals surface area contributed by atoms with E-state index in [0.29, 0.717) is 0 Å². The summed E-state index contributed by atoms with van der Waals surface area (Å²) in [6.45, 7) is 0. The number of carbonyl (C=O) groups excluding carboxylic acids is 1. The van der Waals surface area contributed by atoms with E-state index in [1.807, 2.05) is 0 Å². The van der Waals surface area contributed by atoms with Crippen molar-refractivity contribution in [3.8, 4) is 0 Å². The smallest absolute Gasteiger partial charge is 0.189 e. The summed E-state index contributed by atoms with van der Waals surface area (Å²) < 4.78 is 16.3. The Kier molecular flexibility index (Phi) is 3.15. The maximum absolute atomic E-state index is 9.68. The van der Waals surface area contributed by atoms with Gasteiger partial charge in [0.1, 0.15) is 0 Å². The third-order valence-electron chi connectivity index (χ3n) is 0.300. The van der Waals surface area contributed by atoms with Crippen molar-refractivity contribution in [2.75, 3.05) is 0 Å². The quantitative estimate of drug-likeness (QED) is 0.335. The van der Waals surface area contributed by atoms with E-state index in [-0.39, 0.29) is 6.29 Å². The van der Waals surface area contributed by atoms with Gasteiger partial charge in [-0.3, -0.25) is 0 Å². The van der Waals surface area contributed by atoms with Crippen molar-refractivity contribution in [2.45, 2.75) is 4.71 Å². The third-order valence-corrected chi connectivity index (χ3v) is 1.36. The first kappa shape index (κ1) is 7.07. The van der Waals surface area contributed by atoms with Crippen molar-refractivity contribution in [1.82, 2.24) is 0 Å². The fraction of sp³-hybridized carbons (Fsp3) is 0.500. The van der Waals surface area contributed by atoms with Crippen LogP contribution >= 0.6 is 11.6 Å². The first-order chi connectivity index (χ1) is 3.18. The average Bonchev–Trinajstić information content (AvgIpc) is 1.65. The first-order valence-corrected chi connectivity index (χ1v) is 2.98. The molecule has 0 saturated heterocycles. The molecule has 3 nitrogen and oxygen atoms in total. The van der Waals surface area contributed by atoms with Crippen molar-refractivity contribution in [3.05, 3.63) is 0 Å². The lowest BCUT2D eigenvalue weighted by Gasteiger charge is -1.87. The topological polar surface area (TPSA) is 54.4 Å². The molecule has 7 heavy (non-hydrogen) atoms. The molecule has 0 bridgehead atoms. The van der Waals surface area contributed by atoms with E-state index in [2.05, 4.69) is 0 Å². The van der Waals surface area contributed by atoms with Gasteiger partial charge in [-0.05, 0) is 0 Å². The molecule has 0 radical (unpaired) electrons. The molecule has 2 atom stereocenters. The molecule has 2 unspecified atom stereocenters. The zero-order valence-electron chi connectivity index (χ0n) is 3.20. The molecule has 0 aliphatic heterocycles. The predicted octanol–water partition coefficient (Wildman–Crippen LogP) is -0.0281. The zero-order chi connectivity index (χ0) is 5.86. The van der Waals surface area contributed by atoms with Gasteiger partial charge in [0, 0.05) is 0 Å². The molecule has 0 fully saturated rings. The van der Waals surface area contributed by atoms with Crippen LogP contribution in [0.3, 0.4) is 0 Å². The standard InChI is InChI=1S/C2H3ClO3S/c3-2(1-4)7(5)6/h1-2H,(H,5,6). The molecule has 0 aromatic rings. The molecule has 5 heteroatoms. The van der Waals surface area contributed by atoms with Crippen LogP contribution in [0.1, 0.15) is 0 Å². The Balaban J connectivity index is 3.55. The van der Waals surface area contributed by atoms with E-state index in [1.165, 1.54) is 0 Å². The molecule has 0 amide bonds. The molecule has 0 saturated carbocycles. The lowest BCUT2D eigenvalue weighted by atomic mass is 10.9. The second kappa shape index (κ2) is 3.12. The van der Waals surface area contributed by atoms with Crippen molar-refractivity contribution in [2.24, 2.45) is 0 Å². The molecular weight excluding hydrogens is 140 g/mol. The lowest BCUT2D eigenvalue weighted by Crippen LogP contribution is -2.06. The van der Waals surface area contributed by atoms with Crippen molar-refractivity contribution in [3.63, 3.8) is 0 Å². The van der Waals surface area contributed by atoms with E-state index >= 15 is 0 Å². The average molecular weight is 143 g/mol. The van der Waals surface area contributed by atoms with Gasteiger partial charge >= 0.3 is 0 Å². The van der Waals surface area contributed by atoms with E-state index in [4.69, 9.17) is 16.2 Å². The summed E-state index contributed by atoms with van der Waals surface area (Å²) in [6.07, 6.45) is 0.206. The van der Waals surface area contributed by atoms with Gasteiger partial charge in [-0.25, -0.2) is 4.21 Å². The highest BCUT2D eigenvalue weighted by atomic mass is 35.5. The second-order valence-corrected chi connectivity index (χ2v) is 2.55. The molecule has 42 valence electrons. The van der Waals surface area contributed by atoms with Crippen molar-refractivity contribution < 1.29 is 13.6 Å². The summed E-state index contributed by atoms with van der Waals surface area (Å²) >= 11 is 2.67. The molecule has 0 heterocycles. The summed E-state index contributed by atoms with van der Waals surface area (Å²) in [4.78, 5) is 9.46. The molecule has 0 aromatic carbocycles. The fourth-order valence-electron chi connectivity index (χ4n) is 0.0475. The maximum Gasteiger partial charge on any atom is 0.189 e. The largest absolute Gasteiger partial charge is 0.305 e. The number of aldehydes is 1. The Morgan fingerprint density at radius 1 is 1.86 bits per heavy atom. The minimum absolute atomic E-state index is 0.206. The van der Waals surface area contributed by atoms with Gasteiger partial charge in [-0.15, -0.1) is 0 Å². The summed E-state index contributed by atoms with van der Waals surface area (Å²) in [5.41, 5.74) is 0. The lowest BCUT2D eigenvalue weighted by molar-refractivity contribution is -0.106. The van der Waals surface area contributed by atoms with Crippen LogP contribution in [0.2, 0.25) is 0 Å². The monoisotopic (exact) mass is 142 g/mol. The van der Waals surface area contributed by atoms with Crippen LogP contribution in [0, 0.1) is 0 Å². The Hall–Kier alpha value is 0.0700. The zero-order valence-corrected chi connectivity index (χ0v) is 4.78. The summed E-state index contributed by atoms with van der Waals surface area (Å²) in [5.74, 6) is 0. The van der Waals surface area contributed by atoms with Crippen LogP contribution in [0.5, 0.6) is 0 Å². The predicted molar refractivity (Wildman–Crippen MR) is 26.5 cm³/mol. The highest BCUT2D eigenvalue weighted by Gasteiger charge is 2.06. The van der Waals surface area contributed by atoms with E-state index < -0.39 is 15.8 Å². The normalized spacial score (nSPS) is 18.0. The molecule has 0 aliphatic carbocycles. The Labute approximate surface area is 47.9 Å². The molecule has 0 aliphatic rings. The van der Waals surface area contributed by atoms with Crippen LogP contribution < -0.4 is 0 Å². The van der Waals surface area contributed by atoms with Gasteiger partial charge in [0.05, 0.1) is 0 Å². The molecular formula is C2H3ClO3S. The Bertz CT molecular complexity index is 92.9. The minimum Gasteiger partial charge on any atom is -0.305 e. The van der Waals surface area contributed by atoms with Crippen LogP contribution in [-0.4, -0.2) is 19.8 Å².